The number of nitrogens with zero attached hydrogens (tertiary/aromatic N) is 4. The molecular formula is C20H28N4O4. The third kappa shape index (κ3) is 3.98. The van der Waals surface area contributed by atoms with Gasteiger partial charge in [0.15, 0.2) is 0 Å². The van der Waals surface area contributed by atoms with Gasteiger partial charge in [-0.15, -0.1) is 0 Å². The van der Waals surface area contributed by atoms with E-state index in [1.807, 2.05) is 0 Å². The lowest BCUT2D eigenvalue weighted by Crippen LogP contribution is -2.49. The molecule has 28 heavy (non-hydrogen) atoms. The van der Waals surface area contributed by atoms with Crippen LogP contribution in [-0.2, 0) is 4.74 Å². The number of piperazine rings is 1. The van der Waals surface area contributed by atoms with E-state index in [-0.39, 0.29) is 16.5 Å². The van der Waals surface area contributed by atoms with Gasteiger partial charge >= 0.3 is 0 Å². The molecule has 0 radical (unpaired) electrons. The molecule has 0 aromatic heterocycles. The number of benzene rings is 1. The number of hydrogen-bond donors (Lipinski definition) is 0. The van der Waals surface area contributed by atoms with E-state index in [4.69, 9.17) is 4.74 Å². The van der Waals surface area contributed by atoms with Crippen molar-refractivity contribution in [2.75, 3.05) is 57.4 Å². The lowest BCUT2D eigenvalue weighted by molar-refractivity contribution is -0.384. The number of anilines is 1. The average Bonchev–Trinajstić information content (AvgIpc) is 3.28. The van der Waals surface area contributed by atoms with Crippen molar-refractivity contribution < 1.29 is 14.5 Å². The fraction of sp³-hybridized carbons (Fsp3) is 0.650. The van der Waals surface area contributed by atoms with Gasteiger partial charge in [0.2, 0.25) is 0 Å². The smallest absolute Gasteiger partial charge is 0.293 e. The fourth-order valence-corrected chi connectivity index (χ4v) is 4.62. The van der Waals surface area contributed by atoms with Crippen molar-refractivity contribution in [2.24, 2.45) is 0 Å². The van der Waals surface area contributed by atoms with Gasteiger partial charge in [-0.3, -0.25) is 19.8 Å². The van der Waals surface area contributed by atoms with Crippen LogP contribution < -0.4 is 4.90 Å². The molecular weight excluding hydrogens is 360 g/mol. The van der Waals surface area contributed by atoms with Crippen molar-refractivity contribution in [3.05, 3.63) is 33.9 Å². The Morgan fingerprint density at radius 1 is 1.04 bits per heavy atom. The Balaban J connectivity index is 1.48. The van der Waals surface area contributed by atoms with Crippen molar-refractivity contribution in [3.63, 3.8) is 0 Å². The Morgan fingerprint density at radius 3 is 2.36 bits per heavy atom. The van der Waals surface area contributed by atoms with Gasteiger partial charge in [0, 0.05) is 56.9 Å². The highest BCUT2D eigenvalue weighted by atomic mass is 16.6. The Kier molecular flexibility index (Phi) is 5.77. The molecule has 0 unspecified atom stereocenters. The zero-order valence-electron chi connectivity index (χ0n) is 16.2. The zero-order valence-corrected chi connectivity index (χ0v) is 16.2. The van der Waals surface area contributed by atoms with Crippen LogP contribution in [0.1, 0.15) is 36.0 Å². The molecule has 3 fully saturated rings. The number of morpholine rings is 1. The van der Waals surface area contributed by atoms with Crippen LogP contribution in [0.15, 0.2) is 18.2 Å². The first-order valence-corrected chi connectivity index (χ1v) is 10.3. The second-order valence-electron chi connectivity index (χ2n) is 7.83. The number of hydrogen-bond acceptors (Lipinski definition) is 6. The summed E-state index contributed by atoms with van der Waals surface area (Å²) in [6.07, 6.45) is 5.18. The highest BCUT2D eigenvalue weighted by Gasteiger charge is 2.29. The molecule has 2 saturated heterocycles. The summed E-state index contributed by atoms with van der Waals surface area (Å²) in [6.45, 7) is 5.53. The van der Waals surface area contributed by atoms with Gasteiger partial charge < -0.3 is 14.5 Å². The lowest BCUT2D eigenvalue weighted by Gasteiger charge is -2.39. The quantitative estimate of drug-likeness (QED) is 0.581. The molecule has 1 aromatic rings. The third-order valence-corrected chi connectivity index (χ3v) is 6.21. The van der Waals surface area contributed by atoms with E-state index < -0.39 is 0 Å². The monoisotopic (exact) mass is 388 g/mol. The third-order valence-electron chi connectivity index (χ3n) is 6.21. The molecule has 0 N–H and O–H groups in total. The Morgan fingerprint density at radius 2 is 1.71 bits per heavy atom. The van der Waals surface area contributed by atoms with Gasteiger partial charge in [-0.05, 0) is 25.0 Å². The van der Waals surface area contributed by atoms with Crippen LogP contribution in [0.3, 0.4) is 0 Å². The fourth-order valence-electron chi connectivity index (χ4n) is 4.62. The molecule has 0 atom stereocenters. The summed E-state index contributed by atoms with van der Waals surface area (Å²) in [5, 5.41) is 11.7. The summed E-state index contributed by atoms with van der Waals surface area (Å²) in [5.41, 5.74) is 1.02. The van der Waals surface area contributed by atoms with Crippen molar-refractivity contribution in [1.82, 2.24) is 9.80 Å². The topological polar surface area (TPSA) is 79.2 Å². The minimum absolute atomic E-state index is 0.0217. The number of nitro groups is 1. The molecule has 2 heterocycles. The lowest BCUT2D eigenvalue weighted by atomic mass is 10.1. The summed E-state index contributed by atoms with van der Waals surface area (Å²) in [5.74, 6) is -0.163. The average molecular weight is 388 g/mol. The van der Waals surface area contributed by atoms with Gasteiger partial charge in [0.25, 0.3) is 11.6 Å². The first-order valence-electron chi connectivity index (χ1n) is 10.3. The Labute approximate surface area is 165 Å². The summed E-state index contributed by atoms with van der Waals surface area (Å²) in [7, 11) is 0. The van der Waals surface area contributed by atoms with Gasteiger partial charge in [-0.1, -0.05) is 12.8 Å². The first kappa shape index (κ1) is 19.1. The predicted molar refractivity (Wildman–Crippen MR) is 106 cm³/mol. The van der Waals surface area contributed by atoms with E-state index in [2.05, 4.69) is 9.80 Å². The minimum Gasteiger partial charge on any atom is -0.378 e. The second kappa shape index (κ2) is 8.45. The maximum Gasteiger partial charge on any atom is 0.293 e. The number of carbonyl (C=O) groups excluding carboxylic acids is 1. The molecule has 4 rings (SSSR count). The molecule has 2 aliphatic heterocycles. The summed E-state index contributed by atoms with van der Waals surface area (Å²) < 4.78 is 5.28. The number of rotatable bonds is 4. The van der Waals surface area contributed by atoms with Crippen molar-refractivity contribution >= 4 is 17.3 Å². The molecule has 8 heteroatoms. The highest BCUT2D eigenvalue weighted by Crippen LogP contribution is 2.32. The molecule has 1 aliphatic carbocycles. The number of nitro benzene ring substituents is 1. The summed E-state index contributed by atoms with van der Waals surface area (Å²) in [4.78, 5) is 30.3. The van der Waals surface area contributed by atoms with Gasteiger partial charge in [-0.2, -0.15) is 0 Å². The van der Waals surface area contributed by atoms with Gasteiger partial charge in [0.1, 0.15) is 5.69 Å². The molecule has 1 amide bonds. The van der Waals surface area contributed by atoms with Gasteiger partial charge in [-0.25, -0.2) is 0 Å². The van der Waals surface area contributed by atoms with Crippen LogP contribution >= 0.6 is 0 Å². The van der Waals surface area contributed by atoms with Crippen LogP contribution in [0.4, 0.5) is 11.4 Å². The number of ether oxygens (including phenoxy) is 1. The second-order valence-corrected chi connectivity index (χ2v) is 7.83. The molecule has 152 valence electrons. The van der Waals surface area contributed by atoms with Crippen LogP contribution in [0, 0.1) is 10.1 Å². The first-order chi connectivity index (χ1) is 13.6. The van der Waals surface area contributed by atoms with E-state index in [1.165, 1.54) is 31.7 Å². The molecule has 1 saturated carbocycles. The Hall–Kier alpha value is -2.19. The van der Waals surface area contributed by atoms with E-state index in [0.717, 1.165) is 26.2 Å². The maximum atomic E-state index is 12.7. The van der Waals surface area contributed by atoms with Crippen LogP contribution in [0.5, 0.6) is 0 Å². The minimum atomic E-state index is -0.366. The molecule has 0 bridgehead atoms. The standard InChI is InChI=1S/C20H28N4O4/c25-20(23-11-13-28-14-12-23)16-5-6-18(19(15-16)24(26)27)22-9-7-21(8-10-22)17-3-1-2-4-17/h5-6,15,17H,1-4,7-14H2. The van der Waals surface area contributed by atoms with Gasteiger partial charge in [0.05, 0.1) is 18.1 Å². The highest BCUT2D eigenvalue weighted by molar-refractivity contribution is 5.96. The molecule has 0 spiro atoms. The van der Waals surface area contributed by atoms with Crippen molar-refractivity contribution in [2.45, 2.75) is 31.7 Å². The SMILES string of the molecule is O=C(c1ccc(N2CCN(C3CCCC3)CC2)c([N+](=O)[O-])c1)N1CCOCC1. The van der Waals surface area contributed by atoms with E-state index >= 15 is 0 Å². The van der Waals surface area contributed by atoms with E-state index in [9.17, 15) is 14.9 Å². The van der Waals surface area contributed by atoms with Crippen molar-refractivity contribution in [3.8, 4) is 0 Å². The molecule has 1 aromatic carbocycles. The largest absolute Gasteiger partial charge is 0.378 e. The van der Waals surface area contributed by atoms with Crippen LogP contribution in [0.2, 0.25) is 0 Å². The number of amides is 1. The normalized spacial score (nSPS) is 21.9. The van der Waals surface area contributed by atoms with Crippen molar-refractivity contribution in [1.29, 1.82) is 0 Å². The maximum absolute atomic E-state index is 12.7. The van der Waals surface area contributed by atoms with Crippen LogP contribution in [0.25, 0.3) is 0 Å². The predicted octanol–water partition coefficient (Wildman–Crippen LogP) is 2.13. The zero-order chi connectivity index (χ0) is 19.5. The van der Waals surface area contributed by atoms with E-state index in [0.29, 0.717) is 43.6 Å². The summed E-state index contributed by atoms with van der Waals surface area (Å²) in [6, 6.07) is 5.60. The number of carbonyl (C=O) groups is 1. The molecule has 3 aliphatic rings. The van der Waals surface area contributed by atoms with E-state index in [1.54, 1.807) is 17.0 Å². The molecule has 8 nitrogen and oxygen atoms in total. The summed E-state index contributed by atoms with van der Waals surface area (Å²) >= 11 is 0. The Bertz CT molecular complexity index is 721. The van der Waals surface area contributed by atoms with Crippen LogP contribution in [-0.4, -0.2) is 79.2 Å².